The van der Waals surface area contributed by atoms with Gasteiger partial charge in [0.15, 0.2) is 0 Å². The minimum absolute atomic E-state index is 0.0711. The minimum Gasteiger partial charge on any atom is -0.496 e. The maximum Gasteiger partial charge on any atom is 0.247 e. The number of likely N-dealkylation sites (tertiary alicyclic amines) is 1. The molecule has 22 heavy (non-hydrogen) atoms. The Morgan fingerprint density at radius 2 is 2.18 bits per heavy atom. The van der Waals surface area contributed by atoms with Crippen molar-refractivity contribution < 1.29 is 9.53 Å². The van der Waals surface area contributed by atoms with Gasteiger partial charge in [-0.2, -0.15) is 0 Å². The summed E-state index contributed by atoms with van der Waals surface area (Å²) in [7, 11) is 1.64. The van der Waals surface area contributed by atoms with Crippen LogP contribution in [0.1, 0.15) is 29.3 Å². The van der Waals surface area contributed by atoms with E-state index in [-0.39, 0.29) is 11.9 Å². The monoisotopic (exact) mass is 313 g/mol. The Morgan fingerprint density at radius 3 is 2.95 bits per heavy atom. The largest absolute Gasteiger partial charge is 0.496 e. The fourth-order valence-electron chi connectivity index (χ4n) is 2.87. The van der Waals surface area contributed by atoms with E-state index in [1.54, 1.807) is 24.5 Å². The molecular weight excluding hydrogens is 294 g/mol. The number of thiophene rings is 1. The third kappa shape index (κ3) is 3.07. The quantitative estimate of drug-likeness (QED) is 0.794. The lowest BCUT2D eigenvalue weighted by molar-refractivity contribution is -0.126. The molecule has 3 nitrogen and oxygen atoms in total. The van der Waals surface area contributed by atoms with Crippen molar-refractivity contribution in [2.75, 3.05) is 13.7 Å². The Morgan fingerprint density at radius 1 is 1.32 bits per heavy atom. The molecule has 1 aliphatic rings. The Hall–Kier alpha value is -2.07. The maximum absolute atomic E-state index is 12.5. The van der Waals surface area contributed by atoms with Gasteiger partial charge in [0, 0.05) is 23.1 Å². The summed E-state index contributed by atoms with van der Waals surface area (Å²) in [4.78, 5) is 15.8. The number of para-hydroxylation sites is 1. The summed E-state index contributed by atoms with van der Waals surface area (Å²) in [5, 5.41) is 2.07. The van der Waals surface area contributed by atoms with Crippen LogP contribution in [0.25, 0.3) is 6.08 Å². The van der Waals surface area contributed by atoms with Crippen LogP contribution in [0.5, 0.6) is 5.75 Å². The second kappa shape index (κ2) is 6.79. The summed E-state index contributed by atoms with van der Waals surface area (Å²) < 4.78 is 5.31. The Balaban J connectivity index is 1.75. The molecule has 3 rings (SSSR count). The molecule has 0 spiro atoms. The van der Waals surface area contributed by atoms with Crippen LogP contribution in [-0.2, 0) is 4.79 Å². The van der Waals surface area contributed by atoms with Gasteiger partial charge in [0.2, 0.25) is 5.91 Å². The Kier molecular flexibility index (Phi) is 4.59. The van der Waals surface area contributed by atoms with Gasteiger partial charge < -0.3 is 9.64 Å². The number of amides is 1. The number of carbonyl (C=O) groups excluding carboxylic acids is 1. The highest BCUT2D eigenvalue weighted by molar-refractivity contribution is 7.10. The second-order valence-corrected chi connectivity index (χ2v) is 6.26. The molecule has 0 aliphatic carbocycles. The van der Waals surface area contributed by atoms with Crippen molar-refractivity contribution in [1.82, 2.24) is 4.90 Å². The summed E-state index contributed by atoms with van der Waals surface area (Å²) in [6.07, 6.45) is 5.61. The van der Waals surface area contributed by atoms with Gasteiger partial charge in [-0.05, 0) is 36.4 Å². The first-order valence-electron chi connectivity index (χ1n) is 7.44. The molecule has 2 aromatic rings. The van der Waals surface area contributed by atoms with Gasteiger partial charge in [0.25, 0.3) is 0 Å². The topological polar surface area (TPSA) is 29.5 Å². The van der Waals surface area contributed by atoms with Crippen LogP contribution in [-0.4, -0.2) is 24.5 Å². The number of rotatable bonds is 4. The molecule has 1 atom stereocenters. The molecule has 0 saturated carbocycles. The average molecular weight is 313 g/mol. The Bertz CT molecular complexity index is 663. The summed E-state index contributed by atoms with van der Waals surface area (Å²) in [6, 6.07) is 12.1. The molecule has 0 radical (unpaired) electrons. The zero-order chi connectivity index (χ0) is 15.4. The van der Waals surface area contributed by atoms with Gasteiger partial charge in [-0.3, -0.25) is 4.79 Å². The van der Waals surface area contributed by atoms with Crippen LogP contribution in [0.4, 0.5) is 0 Å². The molecule has 1 aliphatic heterocycles. The van der Waals surface area contributed by atoms with Gasteiger partial charge >= 0.3 is 0 Å². The molecule has 1 aromatic heterocycles. The number of nitrogens with zero attached hydrogens (tertiary/aromatic N) is 1. The smallest absolute Gasteiger partial charge is 0.247 e. The van der Waals surface area contributed by atoms with Crippen LogP contribution >= 0.6 is 11.3 Å². The molecule has 1 amide bonds. The van der Waals surface area contributed by atoms with E-state index < -0.39 is 0 Å². The highest BCUT2D eigenvalue weighted by Crippen LogP contribution is 2.34. The average Bonchev–Trinajstić information content (AvgIpc) is 3.23. The third-order valence-corrected chi connectivity index (χ3v) is 4.93. The lowest BCUT2D eigenvalue weighted by Crippen LogP contribution is -2.28. The Labute approximate surface area is 134 Å². The van der Waals surface area contributed by atoms with E-state index in [4.69, 9.17) is 4.74 Å². The highest BCUT2D eigenvalue weighted by atomic mass is 32.1. The van der Waals surface area contributed by atoms with Crippen molar-refractivity contribution in [2.45, 2.75) is 18.9 Å². The van der Waals surface area contributed by atoms with E-state index >= 15 is 0 Å². The molecule has 1 aromatic carbocycles. The molecule has 1 unspecified atom stereocenters. The number of benzene rings is 1. The first kappa shape index (κ1) is 14.9. The molecule has 4 heteroatoms. The SMILES string of the molecule is COc1ccccc1/C=C/C(=O)N1CCCC1c1cccs1. The molecule has 2 heterocycles. The van der Waals surface area contributed by atoms with Crippen LogP contribution in [0.15, 0.2) is 47.9 Å². The van der Waals surface area contributed by atoms with Crippen molar-refractivity contribution in [3.8, 4) is 5.75 Å². The van der Waals surface area contributed by atoms with Gasteiger partial charge in [-0.1, -0.05) is 24.3 Å². The molecule has 1 fully saturated rings. The molecule has 114 valence electrons. The standard InChI is InChI=1S/C18H19NO2S/c1-21-16-8-3-2-6-14(16)10-11-18(20)19-12-4-7-15(19)17-9-5-13-22-17/h2-3,5-6,8-11,13,15H,4,7,12H2,1H3/b11-10+. The van der Waals surface area contributed by atoms with Gasteiger partial charge in [-0.25, -0.2) is 0 Å². The lowest BCUT2D eigenvalue weighted by atomic mass is 10.1. The molecule has 1 saturated heterocycles. The van der Waals surface area contributed by atoms with Crippen molar-refractivity contribution in [3.63, 3.8) is 0 Å². The predicted octanol–water partition coefficient (Wildman–Crippen LogP) is 4.13. The normalized spacial score (nSPS) is 18.0. The van der Waals surface area contributed by atoms with E-state index in [9.17, 15) is 4.79 Å². The summed E-state index contributed by atoms with van der Waals surface area (Å²) in [5.41, 5.74) is 0.922. The zero-order valence-corrected chi connectivity index (χ0v) is 13.4. The summed E-state index contributed by atoms with van der Waals surface area (Å²) in [5.74, 6) is 0.851. The van der Waals surface area contributed by atoms with E-state index in [2.05, 4.69) is 11.4 Å². The zero-order valence-electron chi connectivity index (χ0n) is 12.6. The third-order valence-electron chi connectivity index (χ3n) is 3.95. The first-order valence-corrected chi connectivity index (χ1v) is 8.32. The predicted molar refractivity (Wildman–Crippen MR) is 90.0 cm³/mol. The number of hydrogen-bond donors (Lipinski definition) is 0. The molecule has 0 N–H and O–H groups in total. The first-order chi connectivity index (χ1) is 10.8. The number of methoxy groups -OCH3 is 1. The number of carbonyl (C=O) groups is 1. The molecule has 0 bridgehead atoms. The van der Waals surface area contributed by atoms with Gasteiger partial charge in [0.1, 0.15) is 5.75 Å². The van der Waals surface area contributed by atoms with Crippen LogP contribution < -0.4 is 4.74 Å². The van der Waals surface area contributed by atoms with Crippen LogP contribution in [0.3, 0.4) is 0 Å². The van der Waals surface area contributed by atoms with E-state index in [1.807, 2.05) is 41.3 Å². The number of ether oxygens (including phenoxy) is 1. The fraction of sp³-hybridized carbons (Fsp3) is 0.278. The highest BCUT2D eigenvalue weighted by Gasteiger charge is 2.29. The van der Waals surface area contributed by atoms with Crippen LogP contribution in [0.2, 0.25) is 0 Å². The number of hydrogen-bond acceptors (Lipinski definition) is 3. The second-order valence-electron chi connectivity index (χ2n) is 5.28. The van der Waals surface area contributed by atoms with E-state index in [0.717, 1.165) is 30.7 Å². The van der Waals surface area contributed by atoms with E-state index in [0.29, 0.717) is 0 Å². The summed E-state index contributed by atoms with van der Waals surface area (Å²) in [6.45, 7) is 0.831. The lowest BCUT2D eigenvalue weighted by Gasteiger charge is -2.22. The maximum atomic E-state index is 12.5. The summed E-state index contributed by atoms with van der Waals surface area (Å²) >= 11 is 1.72. The van der Waals surface area contributed by atoms with E-state index in [1.165, 1.54) is 4.88 Å². The van der Waals surface area contributed by atoms with Crippen molar-refractivity contribution in [3.05, 3.63) is 58.3 Å². The van der Waals surface area contributed by atoms with Gasteiger partial charge in [0.05, 0.1) is 13.2 Å². The van der Waals surface area contributed by atoms with Crippen molar-refractivity contribution in [1.29, 1.82) is 0 Å². The van der Waals surface area contributed by atoms with Gasteiger partial charge in [-0.15, -0.1) is 11.3 Å². The minimum atomic E-state index is 0.0711. The molecular formula is C18H19NO2S. The van der Waals surface area contributed by atoms with Crippen molar-refractivity contribution in [2.24, 2.45) is 0 Å². The fourth-order valence-corrected chi connectivity index (χ4v) is 3.74. The van der Waals surface area contributed by atoms with Crippen LogP contribution in [0, 0.1) is 0 Å². The van der Waals surface area contributed by atoms with Crippen molar-refractivity contribution >= 4 is 23.3 Å².